The van der Waals surface area contributed by atoms with E-state index in [1.165, 1.54) is 6.26 Å². The first-order chi connectivity index (χ1) is 5.81. The lowest BCUT2D eigenvalue weighted by molar-refractivity contribution is 0.601. The van der Waals surface area contributed by atoms with Gasteiger partial charge in [-0.25, -0.2) is 8.42 Å². The van der Waals surface area contributed by atoms with Crippen LogP contribution in [0.4, 0.5) is 0 Å². The smallest absolute Gasteiger partial charge is 0.188 e. The van der Waals surface area contributed by atoms with E-state index >= 15 is 0 Å². The molecular formula is C7H17N3O2S. The molecule has 3 N–H and O–H groups in total. The summed E-state index contributed by atoms with van der Waals surface area (Å²) in [4.78, 5) is 3.85. The summed E-state index contributed by atoms with van der Waals surface area (Å²) in [7, 11) is -2.94. The summed E-state index contributed by atoms with van der Waals surface area (Å²) in [6, 6.07) is 0.210. The van der Waals surface area contributed by atoms with Crippen molar-refractivity contribution in [3.05, 3.63) is 0 Å². The number of nitrogens with one attached hydrogen (secondary N) is 1. The van der Waals surface area contributed by atoms with Gasteiger partial charge in [0, 0.05) is 12.3 Å². The third kappa shape index (κ3) is 9.13. The lowest BCUT2D eigenvalue weighted by Gasteiger charge is -2.07. The molecule has 13 heavy (non-hydrogen) atoms. The Morgan fingerprint density at radius 1 is 1.54 bits per heavy atom. The van der Waals surface area contributed by atoms with Crippen molar-refractivity contribution in [1.29, 1.82) is 0 Å². The zero-order valence-corrected chi connectivity index (χ0v) is 9.06. The van der Waals surface area contributed by atoms with Crippen LogP contribution in [0.1, 0.15) is 13.8 Å². The normalized spacial score (nSPS) is 13.4. The van der Waals surface area contributed by atoms with Crippen LogP contribution in [0.25, 0.3) is 0 Å². The van der Waals surface area contributed by atoms with E-state index in [1.54, 1.807) is 0 Å². The van der Waals surface area contributed by atoms with Gasteiger partial charge in [-0.1, -0.05) is 0 Å². The highest BCUT2D eigenvalue weighted by Crippen LogP contribution is 1.83. The Hall–Kier alpha value is -0.780. The molecule has 0 aromatic heterocycles. The van der Waals surface area contributed by atoms with E-state index in [2.05, 4.69) is 10.3 Å². The maximum atomic E-state index is 10.7. The van der Waals surface area contributed by atoms with Crippen molar-refractivity contribution in [2.75, 3.05) is 18.6 Å². The van der Waals surface area contributed by atoms with Gasteiger partial charge in [0.15, 0.2) is 5.96 Å². The van der Waals surface area contributed by atoms with Gasteiger partial charge >= 0.3 is 0 Å². The Balaban J connectivity index is 3.85. The molecule has 0 unspecified atom stereocenters. The number of nitrogens with zero attached hydrogens (tertiary/aromatic N) is 1. The minimum Gasteiger partial charge on any atom is -0.370 e. The SMILES string of the molecule is CC(C)NC(N)=NCCS(C)(=O)=O. The van der Waals surface area contributed by atoms with Crippen molar-refractivity contribution in [1.82, 2.24) is 5.32 Å². The molecule has 0 aliphatic heterocycles. The quantitative estimate of drug-likeness (QED) is 0.473. The van der Waals surface area contributed by atoms with Gasteiger partial charge in [0.25, 0.3) is 0 Å². The standard InChI is InChI=1S/C7H17N3O2S/c1-6(2)10-7(8)9-4-5-13(3,11)12/h6H,4-5H2,1-3H3,(H3,8,9,10). The van der Waals surface area contributed by atoms with Crippen LogP contribution in [0.3, 0.4) is 0 Å². The van der Waals surface area contributed by atoms with E-state index in [-0.39, 0.29) is 18.3 Å². The van der Waals surface area contributed by atoms with Crippen molar-refractivity contribution in [2.24, 2.45) is 10.7 Å². The average molecular weight is 207 g/mol. The fourth-order valence-corrected chi connectivity index (χ4v) is 1.10. The van der Waals surface area contributed by atoms with E-state index in [1.807, 2.05) is 13.8 Å². The monoisotopic (exact) mass is 207 g/mol. The topological polar surface area (TPSA) is 84.5 Å². The zero-order chi connectivity index (χ0) is 10.5. The van der Waals surface area contributed by atoms with Crippen LogP contribution >= 0.6 is 0 Å². The fourth-order valence-electron chi connectivity index (χ4n) is 0.673. The minimum absolute atomic E-state index is 0.0352. The highest BCUT2D eigenvalue weighted by Gasteiger charge is 2.00. The third-order valence-electron chi connectivity index (χ3n) is 1.18. The Morgan fingerprint density at radius 3 is 2.46 bits per heavy atom. The van der Waals surface area contributed by atoms with Gasteiger partial charge in [-0.05, 0) is 13.8 Å². The molecule has 0 aromatic rings. The molecule has 0 heterocycles. The molecule has 0 amide bonds. The molecule has 0 bridgehead atoms. The Labute approximate surface area is 79.3 Å². The molecule has 0 spiro atoms. The molecule has 0 aliphatic carbocycles. The van der Waals surface area contributed by atoms with E-state index in [9.17, 15) is 8.42 Å². The van der Waals surface area contributed by atoms with Gasteiger partial charge in [-0.15, -0.1) is 0 Å². The zero-order valence-electron chi connectivity index (χ0n) is 8.24. The van der Waals surface area contributed by atoms with E-state index in [0.717, 1.165) is 0 Å². The van der Waals surface area contributed by atoms with Crippen molar-refractivity contribution in [3.8, 4) is 0 Å². The van der Waals surface area contributed by atoms with Gasteiger partial charge in [-0.3, -0.25) is 4.99 Å². The molecule has 5 nitrogen and oxygen atoms in total. The lowest BCUT2D eigenvalue weighted by Crippen LogP contribution is -2.37. The first-order valence-corrected chi connectivity index (χ1v) is 6.11. The summed E-state index contributed by atoms with van der Waals surface area (Å²) in [6.45, 7) is 4.07. The van der Waals surface area contributed by atoms with Crippen LogP contribution in [-0.2, 0) is 9.84 Å². The number of hydrogen-bond acceptors (Lipinski definition) is 3. The Kier molecular flexibility index (Phi) is 4.76. The molecule has 0 rings (SSSR count). The summed E-state index contributed by atoms with van der Waals surface area (Å²) in [6.07, 6.45) is 1.18. The molecule has 0 aliphatic rings. The summed E-state index contributed by atoms with van der Waals surface area (Å²) in [5.41, 5.74) is 5.45. The molecule has 78 valence electrons. The highest BCUT2D eigenvalue weighted by molar-refractivity contribution is 7.90. The first kappa shape index (κ1) is 12.2. The molecule has 0 aromatic carbocycles. The predicted molar refractivity (Wildman–Crippen MR) is 54.5 cm³/mol. The van der Waals surface area contributed by atoms with E-state index < -0.39 is 9.84 Å². The molecule has 0 fully saturated rings. The van der Waals surface area contributed by atoms with Gasteiger partial charge < -0.3 is 11.1 Å². The average Bonchev–Trinajstić information content (AvgIpc) is 1.81. The van der Waals surface area contributed by atoms with Crippen molar-refractivity contribution >= 4 is 15.8 Å². The molecule has 0 atom stereocenters. The van der Waals surface area contributed by atoms with Crippen molar-refractivity contribution < 1.29 is 8.42 Å². The first-order valence-electron chi connectivity index (χ1n) is 4.05. The molecule has 0 saturated heterocycles. The van der Waals surface area contributed by atoms with E-state index in [0.29, 0.717) is 5.96 Å². The van der Waals surface area contributed by atoms with Crippen molar-refractivity contribution in [2.45, 2.75) is 19.9 Å². The predicted octanol–water partition coefficient (Wildman–Crippen LogP) is -0.656. The number of nitrogens with two attached hydrogens (primary N) is 1. The largest absolute Gasteiger partial charge is 0.370 e. The second kappa shape index (κ2) is 5.06. The maximum absolute atomic E-state index is 10.7. The maximum Gasteiger partial charge on any atom is 0.188 e. The Bertz CT molecular complexity index is 269. The summed E-state index contributed by atoms with van der Waals surface area (Å²) >= 11 is 0. The number of hydrogen-bond donors (Lipinski definition) is 2. The molecule has 6 heteroatoms. The Morgan fingerprint density at radius 2 is 2.08 bits per heavy atom. The summed E-state index contributed by atoms with van der Waals surface area (Å²) in [5, 5.41) is 2.86. The van der Waals surface area contributed by atoms with Gasteiger partial charge in [0.1, 0.15) is 9.84 Å². The van der Waals surface area contributed by atoms with Crippen LogP contribution in [0.5, 0.6) is 0 Å². The van der Waals surface area contributed by atoms with E-state index in [4.69, 9.17) is 5.73 Å². The fraction of sp³-hybridized carbons (Fsp3) is 0.857. The molecule has 0 saturated carbocycles. The van der Waals surface area contributed by atoms with Crippen LogP contribution < -0.4 is 11.1 Å². The van der Waals surface area contributed by atoms with Gasteiger partial charge in [-0.2, -0.15) is 0 Å². The number of sulfone groups is 1. The van der Waals surface area contributed by atoms with Crippen LogP contribution in [0.15, 0.2) is 4.99 Å². The minimum atomic E-state index is -2.94. The molecular weight excluding hydrogens is 190 g/mol. The van der Waals surface area contributed by atoms with Crippen LogP contribution in [0, 0.1) is 0 Å². The summed E-state index contributed by atoms with van der Waals surface area (Å²) in [5.74, 6) is 0.326. The molecule has 0 radical (unpaired) electrons. The number of aliphatic imine (C=N–C) groups is 1. The summed E-state index contributed by atoms with van der Waals surface area (Å²) < 4.78 is 21.4. The van der Waals surface area contributed by atoms with Crippen molar-refractivity contribution in [3.63, 3.8) is 0 Å². The number of guanidine groups is 1. The highest BCUT2D eigenvalue weighted by atomic mass is 32.2. The number of rotatable bonds is 4. The van der Waals surface area contributed by atoms with Gasteiger partial charge in [0.2, 0.25) is 0 Å². The third-order valence-corrected chi connectivity index (χ3v) is 2.10. The van der Waals surface area contributed by atoms with Crippen LogP contribution in [-0.4, -0.2) is 39.0 Å². The van der Waals surface area contributed by atoms with Gasteiger partial charge in [0.05, 0.1) is 12.3 Å². The second-order valence-corrected chi connectivity index (χ2v) is 5.46. The lowest BCUT2D eigenvalue weighted by atomic mass is 10.4. The van der Waals surface area contributed by atoms with Crippen LogP contribution in [0.2, 0.25) is 0 Å². The second-order valence-electron chi connectivity index (χ2n) is 3.20.